The highest BCUT2D eigenvalue weighted by molar-refractivity contribution is 7.99. The minimum Gasteiger partial charge on any atom is -0.349 e. The Morgan fingerprint density at radius 3 is 2.62 bits per heavy atom. The van der Waals surface area contributed by atoms with Crippen LogP contribution in [0.1, 0.15) is 37.3 Å². The maximum atomic E-state index is 8.74. The molecule has 3 atom stereocenters. The first-order chi connectivity index (χ1) is 13.6. The number of piperidine rings is 1. The fraction of sp³-hybridized carbons (Fsp3) is 0.600. The summed E-state index contributed by atoms with van der Waals surface area (Å²) in [5.41, 5.74) is 4.53. The standard InChI is InChI=1S/C20H28N2S2.H2O4S/c1-12(2)24-20-16-9-18-15(8-13(11-23-4)10-22(18)3)14-6-5-7-17(21-20)19(14)16;1-5(2,3)4/h5-7,12-13,15,18,21H,8-11H2,1-4H3;(H2,1,2,3,4)/t13-,15?,18-;/m1./s1. The summed E-state index contributed by atoms with van der Waals surface area (Å²) in [5.74, 6) is 2.81. The molecule has 1 aliphatic carbocycles. The highest BCUT2D eigenvalue weighted by Crippen LogP contribution is 2.47. The SMILES string of the molecule is CSC[C@@H]1CC2c3cccc4[nH]c(SC(C)C)c(c34)C[C@H]2N(C)C1.O=S(=O)(O)O. The second kappa shape index (κ2) is 9.20. The molecule has 0 amide bonds. The number of benzene rings is 1. The summed E-state index contributed by atoms with van der Waals surface area (Å²) >= 11 is 3.99. The van der Waals surface area contributed by atoms with E-state index in [0.29, 0.717) is 17.2 Å². The normalized spacial score (nSPS) is 24.3. The molecule has 162 valence electrons. The lowest BCUT2D eigenvalue weighted by molar-refractivity contribution is 0.121. The summed E-state index contributed by atoms with van der Waals surface area (Å²) < 4.78 is 31.6. The molecule has 4 rings (SSSR count). The smallest absolute Gasteiger partial charge is 0.349 e. The number of nitrogens with zero attached hydrogens (tertiary/aromatic N) is 1. The van der Waals surface area contributed by atoms with Crippen LogP contribution in [0.2, 0.25) is 0 Å². The van der Waals surface area contributed by atoms with E-state index in [1.165, 1.54) is 35.7 Å². The van der Waals surface area contributed by atoms with Crippen molar-refractivity contribution in [2.45, 2.75) is 48.9 Å². The van der Waals surface area contributed by atoms with Crippen molar-refractivity contribution < 1.29 is 17.5 Å². The Kier molecular flexibility index (Phi) is 7.28. The highest BCUT2D eigenvalue weighted by atomic mass is 32.3. The minimum absolute atomic E-state index is 0.616. The zero-order valence-corrected chi connectivity index (χ0v) is 19.7. The van der Waals surface area contributed by atoms with E-state index >= 15 is 0 Å². The van der Waals surface area contributed by atoms with Crippen molar-refractivity contribution in [3.05, 3.63) is 29.3 Å². The van der Waals surface area contributed by atoms with E-state index in [0.717, 1.165) is 5.92 Å². The molecule has 2 heterocycles. The van der Waals surface area contributed by atoms with Gasteiger partial charge in [0.2, 0.25) is 0 Å². The number of aromatic nitrogens is 1. The summed E-state index contributed by atoms with van der Waals surface area (Å²) in [7, 11) is -2.32. The van der Waals surface area contributed by atoms with Crippen molar-refractivity contribution in [3.63, 3.8) is 0 Å². The van der Waals surface area contributed by atoms with Gasteiger partial charge in [-0.05, 0) is 55.0 Å². The Balaban J connectivity index is 0.000000431. The van der Waals surface area contributed by atoms with Crippen LogP contribution in [-0.4, -0.2) is 64.3 Å². The van der Waals surface area contributed by atoms with Gasteiger partial charge in [0, 0.05) is 34.7 Å². The molecule has 1 unspecified atom stereocenters. The van der Waals surface area contributed by atoms with Gasteiger partial charge in [-0.2, -0.15) is 20.2 Å². The van der Waals surface area contributed by atoms with Gasteiger partial charge in [0.05, 0.1) is 5.03 Å². The van der Waals surface area contributed by atoms with E-state index in [2.05, 4.69) is 55.2 Å². The number of hydrogen-bond donors (Lipinski definition) is 3. The molecule has 1 saturated heterocycles. The van der Waals surface area contributed by atoms with Gasteiger partial charge in [0.15, 0.2) is 0 Å². The lowest BCUT2D eigenvalue weighted by Gasteiger charge is -2.45. The Bertz CT molecular complexity index is 950. The lowest BCUT2D eigenvalue weighted by Crippen LogP contribution is -2.48. The van der Waals surface area contributed by atoms with E-state index < -0.39 is 10.4 Å². The second-order valence-electron chi connectivity index (χ2n) is 8.19. The summed E-state index contributed by atoms with van der Waals surface area (Å²) in [4.78, 5) is 6.37. The van der Waals surface area contributed by atoms with Crippen LogP contribution in [0, 0.1) is 5.92 Å². The van der Waals surface area contributed by atoms with E-state index in [1.807, 2.05) is 23.5 Å². The summed E-state index contributed by atoms with van der Waals surface area (Å²) in [6.07, 6.45) is 4.80. The molecule has 2 aliphatic rings. The first-order valence-electron chi connectivity index (χ1n) is 9.77. The number of rotatable bonds is 4. The van der Waals surface area contributed by atoms with Crippen LogP contribution in [0.25, 0.3) is 10.9 Å². The van der Waals surface area contributed by atoms with Crippen LogP contribution < -0.4 is 0 Å². The number of nitrogens with one attached hydrogen (secondary N) is 1. The fourth-order valence-electron chi connectivity index (χ4n) is 4.80. The fourth-order valence-corrected chi connectivity index (χ4v) is 6.48. The molecule has 1 fully saturated rings. The van der Waals surface area contributed by atoms with Crippen molar-refractivity contribution in [3.8, 4) is 0 Å². The van der Waals surface area contributed by atoms with E-state index in [4.69, 9.17) is 17.5 Å². The monoisotopic (exact) mass is 458 g/mol. The van der Waals surface area contributed by atoms with Gasteiger partial charge >= 0.3 is 10.4 Å². The molecule has 6 nitrogen and oxygen atoms in total. The Morgan fingerprint density at radius 2 is 2.00 bits per heavy atom. The van der Waals surface area contributed by atoms with Gasteiger partial charge < -0.3 is 9.88 Å². The topological polar surface area (TPSA) is 93.6 Å². The van der Waals surface area contributed by atoms with Crippen LogP contribution in [0.4, 0.5) is 0 Å². The van der Waals surface area contributed by atoms with Gasteiger partial charge in [0.1, 0.15) is 0 Å². The molecule has 2 aromatic rings. The molecule has 9 heteroatoms. The zero-order chi connectivity index (χ0) is 21.3. The molecule has 1 aromatic heterocycles. The van der Waals surface area contributed by atoms with Crippen LogP contribution in [0.5, 0.6) is 0 Å². The molecule has 1 aliphatic heterocycles. The third kappa shape index (κ3) is 5.51. The Labute approximate surface area is 181 Å². The highest BCUT2D eigenvalue weighted by Gasteiger charge is 2.40. The number of hydrogen-bond acceptors (Lipinski definition) is 5. The third-order valence-corrected chi connectivity index (χ3v) is 7.51. The van der Waals surface area contributed by atoms with Crippen LogP contribution >= 0.6 is 23.5 Å². The quantitative estimate of drug-likeness (QED) is 0.463. The average molecular weight is 459 g/mol. The summed E-state index contributed by atoms with van der Waals surface area (Å²) in [6.45, 7) is 5.83. The largest absolute Gasteiger partial charge is 0.394 e. The van der Waals surface area contributed by atoms with Crippen molar-refractivity contribution in [1.82, 2.24) is 9.88 Å². The molecular formula is C20H30N2O4S3. The molecule has 0 saturated carbocycles. The predicted octanol–water partition coefficient (Wildman–Crippen LogP) is 4.34. The number of fused-ring (bicyclic) bond motifs is 2. The van der Waals surface area contributed by atoms with Crippen LogP contribution in [0.15, 0.2) is 23.2 Å². The second-order valence-corrected chi connectivity index (χ2v) is 11.6. The predicted molar refractivity (Wildman–Crippen MR) is 123 cm³/mol. The van der Waals surface area contributed by atoms with Gasteiger partial charge in [-0.25, -0.2) is 0 Å². The number of likely N-dealkylation sites (N-methyl/N-ethyl adjacent to an activating group) is 1. The molecule has 3 N–H and O–H groups in total. The molecule has 0 radical (unpaired) electrons. The Morgan fingerprint density at radius 1 is 1.31 bits per heavy atom. The van der Waals surface area contributed by atoms with Crippen molar-refractivity contribution >= 4 is 44.8 Å². The third-order valence-electron chi connectivity index (χ3n) is 5.65. The summed E-state index contributed by atoms with van der Waals surface area (Å²) in [5, 5.41) is 3.57. The molecule has 29 heavy (non-hydrogen) atoms. The zero-order valence-electron chi connectivity index (χ0n) is 17.3. The number of thioether (sulfide) groups is 2. The number of H-pyrrole nitrogens is 1. The first-order valence-corrected chi connectivity index (χ1v) is 13.4. The first kappa shape index (κ1) is 23.0. The summed E-state index contributed by atoms with van der Waals surface area (Å²) in [6, 6.07) is 7.58. The Hall–Kier alpha value is -0.710. The van der Waals surface area contributed by atoms with E-state index in [1.54, 1.807) is 16.5 Å². The van der Waals surface area contributed by atoms with Gasteiger partial charge in [-0.1, -0.05) is 26.0 Å². The van der Waals surface area contributed by atoms with Gasteiger partial charge in [-0.3, -0.25) is 9.11 Å². The minimum atomic E-state index is -4.67. The van der Waals surface area contributed by atoms with E-state index in [-0.39, 0.29) is 0 Å². The number of aromatic amines is 1. The van der Waals surface area contributed by atoms with Gasteiger partial charge in [-0.15, -0.1) is 11.8 Å². The average Bonchev–Trinajstić information content (AvgIpc) is 2.93. The maximum absolute atomic E-state index is 8.74. The lowest BCUT2D eigenvalue weighted by atomic mass is 9.73. The van der Waals surface area contributed by atoms with Crippen molar-refractivity contribution in [2.75, 3.05) is 25.6 Å². The van der Waals surface area contributed by atoms with Gasteiger partial charge in [0.25, 0.3) is 0 Å². The van der Waals surface area contributed by atoms with Crippen molar-refractivity contribution in [2.24, 2.45) is 5.92 Å². The van der Waals surface area contributed by atoms with Crippen LogP contribution in [-0.2, 0) is 16.8 Å². The molecule has 0 spiro atoms. The maximum Gasteiger partial charge on any atom is 0.394 e. The van der Waals surface area contributed by atoms with Crippen LogP contribution in [0.3, 0.4) is 0 Å². The molecular weight excluding hydrogens is 428 g/mol. The molecule has 0 bridgehead atoms. The van der Waals surface area contributed by atoms with E-state index in [9.17, 15) is 0 Å². The number of likely N-dealkylation sites (tertiary alicyclic amines) is 1. The van der Waals surface area contributed by atoms with Crippen molar-refractivity contribution in [1.29, 1.82) is 0 Å². The molecule has 1 aromatic carbocycles.